The summed E-state index contributed by atoms with van der Waals surface area (Å²) in [6, 6.07) is 9.99. The van der Waals surface area contributed by atoms with Crippen LogP contribution in [0.5, 0.6) is 0 Å². The Labute approximate surface area is 88.2 Å². The molecular weight excluding hydrogens is 242 g/mol. The predicted octanol–water partition coefficient (Wildman–Crippen LogP) is 1.15. The minimum Gasteiger partial charge on any atom is -0.326 e. The third-order valence-electron chi connectivity index (χ3n) is 1.08. The first-order valence-electron chi connectivity index (χ1n) is 2.67. The molecule has 46 valence electrons. The van der Waals surface area contributed by atoms with E-state index in [-0.39, 0.29) is 40.8 Å². The maximum absolute atomic E-state index is 5.35. The van der Waals surface area contributed by atoms with Gasteiger partial charge < -0.3 is 5.73 Å². The van der Waals surface area contributed by atoms with Gasteiger partial charge in [0.15, 0.2) is 0 Å². The van der Waals surface area contributed by atoms with Gasteiger partial charge in [-0.25, -0.2) is 0 Å². The second kappa shape index (κ2) is 5.33. The maximum Gasteiger partial charge on any atom is 0.0178 e. The molecule has 2 heteroatoms. The molecule has 1 aromatic rings. The quantitative estimate of drug-likeness (QED) is 0.796. The fraction of sp³-hybridized carbons (Fsp3) is 0.143. The van der Waals surface area contributed by atoms with Crippen molar-refractivity contribution in [3.8, 4) is 0 Å². The van der Waals surface area contributed by atoms with Crippen molar-refractivity contribution in [1.82, 2.24) is 0 Å². The summed E-state index contributed by atoms with van der Waals surface area (Å²) in [5, 5.41) is 0. The third-order valence-corrected chi connectivity index (χ3v) is 1.08. The Balaban J connectivity index is 0.000000640. The van der Waals surface area contributed by atoms with Gasteiger partial charge in [-0.2, -0.15) is 0 Å². The molecule has 0 unspecified atom stereocenters. The summed E-state index contributed by atoms with van der Waals surface area (Å²) in [7, 11) is 0. The van der Waals surface area contributed by atoms with Gasteiger partial charge in [0.1, 0.15) is 0 Å². The molecule has 0 saturated heterocycles. The number of hydrogen-bond donors (Lipinski definition) is 1. The summed E-state index contributed by atoms with van der Waals surface area (Å²) in [4.78, 5) is 0. The Hall–Kier alpha value is 0.531. The third kappa shape index (κ3) is 3.28. The molecule has 0 aliphatic rings. The minimum atomic E-state index is 0. The first-order chi connectivity index (χ1) is 3.93. The van der Waals surface area contributed by atoms with Crippen molar-refractivity contribution >= 4 is 0 Å². The maximum atomic E-state index is 5.35. The predicted molar refractivity (Wildman–Crippen MR) is 34.3 cm³/mol. The van der Waals surface area contributed by atoms with E-state index in [9.17, 15) is 0 Å². The summed E-state index contributed by atoms with van der Waals surface area (Å²) >= 11 is 0. The second-order valence-corrected chi connectivity index (χ2v) is 1.69. The fourth-order valence-corrected chi connectivity index (χ4v) is 0.614. The van der Waals surface area contributed by atoms with E-state index in [0.717, 1.165) is 0 Å². The minimum absolute atomic E-state index is 0. The number of nitrogens with two attached hydrogens (primary N) is 1. The van der Waals surface area contributed by atoms with E-state index in [4.69, 9.17) is 5.73 Å². The topological polar surface area (TPSA) is 26.0 Å². The van der Waals surface area contributed by atoms with Crippen molar-refractivity contribution in [3.63, 3.8) is 0 Å². The van der Waals surface area contributed by atoms with Crippen LogP contribution in [0.1, 0.15) is 5.56 Å². The zero-order valence-electron chi connectivity index (χ0n) is 5.17. The molecule has 0 aliphatic heterocycles. The van der Waals surface area contributed by atoms with E-state index in [1.807, 2.05) is 30.3 Å². The van der Waals surface area contributed by atoms with Crippen LogP contribution in [-0.4, -0.2) is 0 Å². The molecular formula is C7H9NNd. The van der Waals surface area contributed by atoms with E-state index < -0.39 is 0 Å². The summed E-state index contributed by atoms with van der Waals surface area (Å²) in [5.41, 5.74) is 6.54. The van der Waals surface area contributed by atoms with E-state index in [1.165, 1.54) is 5.56 Å². The molecule has 0 fully saturated rings. The summed E-state index contributed by atoms with van der Waals surface area (Å²) in [6.07, 6.45) is 0. The van der Waals surface area contributed by atoms with Crippen molar-refractivity contribution in [1.29, 1.82) is 0 Å². The van der Waals surface area contributed by atoms with Crippen LogP contribution >= 0.6 is 0 Å². The summed E-state index contributed by atoms with van der Waals surface area (Å²) in [5.74, 6) is 0. The molecule has 2 N–H and O–H groups in total. The molecule has 1 aromatic carbocycles. The summed E-state index contributed by atoms with van der Waals surface area (Å²) < 4.78 is 0. The first kappa shape index (κ1) is 9.53. The van der Waals surface area contributed by atoms with Gasteiger partial charge in [-0.3, -0.25) is 0 Å². The Bertz CT molecular complexity index is 150. The van der Waals surface area contributed by atoms with Gasteiger partial charge in [0, 0.05) is 47.4 Å². The van der Waals surface area contributed by atoms with Crippen molar-refractivity contribution in [2.45, 2.75) is 6.54 Å². The molecule has 1 rings (SSSR count). The van der Waals surface area contributed by atoms with Gasteiger partial charge in [-0.05, 0) is 5.56 Å². The van der Waals surface area contributed by atoms with Crippen LogP contribution in [0.2, 0.25) is 0 Å². The number of rotatable bonds is 1. The molecule has 0 amide bonds. The molecule has 0 atom stereocenters. The smallest absolute Gasteiger partial charge is 0.0178 e. The molecule has 9 heavy (non-hydrogen) atoms. The van der Waals surface area contributed by atoms with Crippen LogP contribution in [0, 0.1) is 40.8 Å². The van der Waals surface area contributed by atoms with Gasteiger partial charge >= 0.3 is 0 Å². The SMILES string of the molecule is NCc1ccccc1.[Nd]. The Morgan fingerprint density at radius 3 is 2.00 bits per heavy atom. The standard InChI is InChI=1S/C7H9N.Nd/c8-6-7-4-2-1-3-5-7;/h1-5H,6,8H2;. The monoisotopic (exact) mass is 249 g/mol. The second-order valence-electron chi connectivity index (χ2n) is 1.69. The van der Waals surface area contributed by atoms with Crippen LogP contribution in [0.25, 0.3) is 0 Å². The molecule has 0 spiro atoms. The zero-order valence-corrected chi connectivity index (χ0v) is 8.38. The van der Waals surface area contributed by atoms with Crippen molar-refractivity contribution in [3.05, 3.63) is 35.9 Å². The zero-order chi connectivity index (χ0) is 5.82. The van der Waals surface area contributed by atoms with Crippen molar-refractivity contribution in [2.75, 3.05) is 0 Å². The van der Waals surface area contributed by atoms with Crippen LogP contribution in [0.15, 0.2) is 30.3 Å². The normalized spacial score (nSPS) is 8.11. The average molecular weight is 251 g/mol. The van der Waals surface area contributed by atoms with Gasteiger partial charge in [-0.15, -0.1) is 0 Å². The van der Waals surface area contributed by atoms with Gasteiger partial charge in [0.05, 0.1) is 0 Å². The molecule has 0 saturated carbocycles. The Morgan fingerprint density at radius 1 is 1.11 bits per heavy atom. The average Bonchev–Trinajstić information content (AvgIpc) is 1.90. The van der Waals surface area contributed by atoms with E-state index >= 15 is 0 Å². The molecule has 0 radical (unpaired) electrons. The number of benzene rings is 1. The largest absolute Gasteiger partial charge is 0.326 e. The Kier molecular flexibility index (Phi) is 5.64. The number of hydrogen-bond acceptors (Lipinski definition) is 1. The van der Waals surface area contributed by atoms with Crippen LogP contribution < -0.4 is 5.73 Å². The molecule has 0 aromatic heterocycles. The van der Waals surface area contributed by atoms with Crippen LogP contribution in [0.3, 0.4) is 0 Å². The van der Waals surface area contributed by atoms with Crippen molar-refractivity contribution in [2.24, 2.45) is 5.73 Å². The molecule has 0 aliphatic carbocycles. The van der Waals surface area contributed by atoms with Crippen molar-refractivity contribution < 1.29 is 40.8 Å². The summed E-state index contributed by atoms with van der Waals surface area (Å²) in [6.45, 7) is 0.640. The van der Waals surface area contributed by atoms with Gasteiger partial charge in [0.25, 0.3) is 0 Å². The van der Waals surface area contributed by atoms with Gasteiger partial charge in [0.2, 0.25) is 0 Å². The van der Waals surface area contributed by atoms with Gasteiger partial charge in [-0.1, -0.05) is 30.3 Å². The Morgan fingerprint density at radius 2 is 1.67 bits per heavy atom. The van der Waals surface area contributed by atoms with E-state index in [1.54, 1.807) is 0 Å². The fourth-order valence-electron chi connectivity index (χ4n) is 0.614. The van der Waals surface area contributed by atoms with Crippen LogP contribution in [0.4, 0.5) is 0 Å². The molecule has 0 bridgehead atoms. The molecule has 1 nitrogen and oxygen atoms in total. The van der Waals surface area contributed by atoms with E-state index in [0.29, 0.717) is 6.54 Å². The van der Waals surface area contributed by atoms with E-state index in [2.05, 4.69) is 0 Å². The first-order valence-corrected chi connectivity index (χ1v) is 2.67. The van der Waals surface area contributed by atoms with Crippen LogP contribution in [-0.2, 0) is 6.54 Å². The molecule has 0 heterocycles.